The van der Waals surface area contributed by atoms with Crippen molar-refractivity contribution < 1.29 is 18.7 Å². The van der Waals surface area contributed by atoms with Crippen LogP contribution in [0.4, 0.5) is 4.39 Å². The van der Waals surface area contributed by atoms with E-state index in [0.717, 1.165) is 36.3 Å². The summed E-state index contributed by atoms with van der Waals surface area (Å²) in [7, 11) is 0. The second-order valence-electron chi connectivity index (χ2n) is 10.0. The molecule has 0 fully saturated rings. The zero-order valence-electron chi connectivity index (χ0n) is 23.1. The van der Waals surface area contributed by atoms with Crippen molar-refractivity contribution in [3.8, 4) is 22.6 Å². The van der Waals surface area contributed by atoms with Crippen molar-refractivity contribution in [2.75, 3.05) is 6.61 Å². The summed E-state index contributed by atoms with van der Waals surface area (Å²) in [6.07, 6.45) is 14.6. The maximum absolute atomic E-state index is 14.6. The van der Waals surface area contributed by atoms with Crippen LogP contribution in [0.15, 0.2) is 66.7 Å². The first-order chi connectivity index (χ1) is 18.6. The van der Waals surface area contributed by atoms with Crippen LogP contribution in [0, 0.1) is 5.82 Å². The van der Waals surface area contributed by atoms with Gasteiger partial charge in [0.15, 0.2) is 11.6 Å². The monoisotopic (exact) mass is 518 g/mol. The lowest BCUT2D eigenvalue weighted by Gasteiger charge is -2.10. The van der Waals surface area contributed by atoms with Gasteiger partial charge < -0.3 is 9.47 Å². The zero-order chi connectivity index (χ0) is 27.0. The van der Waals surface area contributed by atoms with Gasteiger partial charge in [-0.05, 0) is 59.9 Å². The van der Waals surface area contributed by atoms with Crippen LogP contribution in [0.2, 0.25) is 0 Å². The second kappa shape index (κ2) is 16.7. The van der Waals surface area contributed by atoms with E-state index in [-0.39, 0.29) is 5.75 Å². The van der Waals surface area contributed by atoms with E-state index in [4.69, 9.17) is 9.47 Å². The molecule has 0 atom stereocenters. The molecule has 0 aliphatic heterocycles. The molecule has 0 amide bonds. The summed E-state index contributed by atoms with van der Waals surface area (Å²) in [5.74, 6) is -0.190. The van der Waals surface area contributed by atoms with Gasteiger partial charge in [0.05, 0.1) is 12.2 Å². The molecule has 204 valence electrons. The number of unbranched alkanes of at least 4 members (excludes halogenated alkanes) is 9. The first-order valence-electron chi connectivity index (χ1n) is 14.4. The molecule has 0 heterocycles. The van der Waals surface area contributed by atoms with Gasteiger partial charge in [0.2, 0.25) is 0 Å². The van der Waals surface area contributed by atoms with E-state index in [9.17, 15) is 9.18 Å². The van der Waals surface area contributed by atoms with Gasteiger partial charge in [-0.15, -0.1) is 0 Å². The van der Waals surface area contributed by atoms with Gasteiger partial charge >= 0.3 is 5.97 Å². The Bertz CT molecular complexity index is 1090. The Hall–Kier alpha value is -3.14. The van der Waals surface area contributed by atoms with Crippen molar-refractivity contribution in [1.82, 2.24) is 0 Å². The first kappa shape index (κ1) is 29.4. The third-order valence-corrected chi connectivity index (χ3v) is 6.84. The van der Waals surface area contributed by atoms with E-state index in [1.807, 2.05) is 43.3 Å². The molecule has 3 aromatic carbocycles. The molecule has 3 nitrogen and oxygen atoms in total. The maximum Gasteiger partial charge on any atom is 0.343 e. The quantitative estimate of drug-likeness (QED) is 0.101. The van der Waals surface area contributed by atoms with Crippen molar-refractivity contribution in [1.29, 1.82) is 0 Å². The number of aryl methyl sites for hydroxylation is 1. The van der Waals surface area contributed by atoms with Crippen LogP contribution >= 0.6 is 0 Å². The normalized spacial score (nSPS) is 10.9. The van der Waals surface area contributed by atoms with Crippen molar-refractivity contribution in [2.45, 2.75) is 90.9 Å². The van der Waals surface area contributed by atoms with Gasteiger partial charge in [0.1, 0.15) is 5.75 Å². The summed E-state index contributed by atoms with van der Waals surface area (Å²) >= 11 is 0. The van der Waals surface area contributed by atoms with E-state index in [0.29, 0.717) is 17.5 Å². The fourth-order valence-corrected chi connectivity index (χ4v) is 4.58. The van der Waals surface area contributed by atoms with E-state index < -0.39 is 11.8 Å². The molecule has 38 heavy (non-hydrogen) atoms. The molecule has 0 aliphatic carbocycles. The summed E-state index contributed by atoms with van der Waals surface area (Å²) in [4.78, 5) is 12.6. The van der Waals surface area contributed by atoms with Crippen LogP contribution in [-0.2, 0) is 6.42 Å². The maximum atomic E-state index is 14.6. The molecule has 0 radical (unpaired) electrons. The highest BCUT2D eigenvalue weighted by Crippen LogP contribution is 2.25. The average Bonchev–Trinajstić information content (AvgIpc) is 2.94. The Morgan fingerprint density at radius 3 is 1.87 bits per heavy atom. The number of ether oxygens (including phenoxy) is 2. The van der Waals surface area contributed by atoms with Crippen LogP contribution in [0.25, 0.3) is 11.1 Å². The first-order valence-corrected chi connectivity index (χ1v) is 14.4. The van der Waals surface area contributed by atoms with Gasteiger partial charge in [-0.25, -0.2) is 9.18 Å². The molecule has 3 rings (SSSR count). The molecule has 0 N–H and O–H groups in total. The van der Waals surface area contributed by atoms with E-state index in [1.54, 1.807) is 24.3 Å². The van der Waals surface area contributed by atoms with Gasteiger partial charge in [-0.1, -0.05) is 114 Å². The fourth-order valence-electron chi connectivity index (χ4n) is 4.58. The molecule has 0 aliphatic rings. The van der Waals surface area contributed by atoms with E-state index >= 15 is 0 Å². The molecular weight excluding hydrogens is 475 g/mol. The summed E-state index contributed by atoms with van der Waals surface area (Å²) < 4.78 is 25.8. The second-order valence-corrected chi connectivity index (χ2v) is 10.0. The molecule has 0 unspecified atom stereocenters. The van der Waals surface area contributed by atoms with E-state index in [2.05, 4.69) is 6.92 Å². The van der Waals surface area contributed by atoms with Crippen molar-refractivity contribution >= 4 is 5.97 Å². The Balaban J connectivity index is 1.40. The summed E-state index contributed by atoms with van der Waals surface area (Å²) in [6.45, 7) is 4.99. The smallest absolute Gasteiger partial charge is 0.343 e. The number of rotatable bonds is 17. The minimum Gasteiger partial charge on any atom is -0.494 e. The molecule has 0 aromatic heterocycles. The van der Waals surface area contributed by atoms with Gasteiger partial charge in [-0.3, -0.25) is 0 Å². The summed E-state index contributed by atoms with van der Waals surface area (Å²) in [6, 6.07) is 20.1. The number of carbonyl (C=O) groups excluding carboxylic acids is 1. The Morgan fingerprint density at radius 1 is 0.684 bits per heavy atom. The minimum absolute atomic E-state index is 0.0292. The van der Waals surface area contributed by atoms with Crippen LogP contribution in [0.3, 0.4) is 0 Å². The highest BCUT2D eigenvalue weighted by molar-refractivity contribution is 5.91. The Labute approximate surface area is 228 Å². The Kier molecular flexibility index (Phi) is 12.9. The minimum atomic E-state index is -0.570. The Morgan fingerprint density at radius 2 is 1.26 bits per heavy atom. The number of carbonyl (C=O) groups is 1. The predicted molar refractivity (Wildman–Crippen MR) is 155 cm³/mol. The molecule has 0 saturated carbocycles. The highest BCUT2D eigenvalue weighted by Gasteiger charge is 2.14. The lowest BCUT2D eigenvalue weighted by Crippen LogP contribution is -2.10. The molecule has 4 heteroatoms. The third kappa shape index (κ3) is 9.63. The SMILES string of the molecule is CCCCCCCCCCCCOc1ccc(-c2ccc(C(=O)Oc3cccc(CCC)c3F)cc2)cc1. The fraction of sp³-hybridized carbons (Fsp3) is 0.441. The van der Waals surface area contributed by atoms with Crippen LogP contribution in [0.1, 0.15) is 100 Å². The molecular formula is C34H43FO3. The predicted octanol–water partition coefficient (Wildman–Crippen LogP) is 9.96. The van der Waals surface area contributed by atoms with Crippen LogP contribution in [0.5, 0.6) is 11.5 Å². The average molecular weight is 519 g/mol. The van der Waals surface area contributed by atoms with Crippen LogP contribution in [-0.4, -0.2) is 12.6 Å². The van der Waals surface area contributed by atoms with Crippen LogP contribution < -0.4 is 9.47 Å². The standard InChI is InChI=1S/C34H43FO3/c1-3-5-6-7-8-9-10-11-12-13-26-37-31-24-22-28(23-25-31)27-18-20-30(21-19-27)34(36)38-32-17-14-16-29(15-4-2)33(32)35/h14,16-25H,3-13,15,26H2,1-2H3. The number of hydrogen-bond acceptors (Lipinski definition) is 3. The molecule has 0 spiro atoms. The molecule has 0 bridgehead atoms. The van der Waals surface area contributed by atoms with Crippen molar-refractivity contribution in [2.24, 2.45) is 0 Å². The lowest BCUT2D eigenvalue weighted by atomic mass is 10.0. The van der Waals surface area contributed by atoms with Crippen molar-refractivity contribution in [3.05, 3.63) is 83.7 Å². The lowest BCUT2D eigenvalue weighted by molar-refractivity contribution is 0.0727. The number of esters is 1. The van der Waals surface area contributed by atoms with E-state index in [1.165, 1.54) is 63.9 Å². The highest BCUT2D eigenvalue weighted by atomic mass is 19.1. The van der Waals surface area contributed by atoms with Crippen molar-refractivity contribution in [3.63, 3.8) is 0 Å². The number of halogens is 1. The third-order valence-electron chi connectivity index (χ3n) is 6.84. The van der Waals surface area contributed by atoms with Gasteiger partial charge in [0.25, 0.3) is 0 Å². The topological polar surface area (TPSA) is 35.5 Å². The number of benzene rings is 3. The largest absolute Gasteiger partial charge is 0.494 e. The summed E-state index contributed by atoms with van der Waals surface area (Å²) in [5.41, 5.74) is 2.96. The number of hydrogen-bond donors (Lipinski definition) is 0. The molecule has 3 aromatic rings. The van der Waals surface area contributed by atoms with Gasteiger partial charge in [-0.2, -0.15) is 0 Å². The molecule has 0 saturated heterocycles. The summed E-state index contributed by atoms with van der Waals surface area (Å²) in [5, 5.41) is 0. The zero-order valence-corrected chi connectivity index (χ0v) is 23.1. The van der Waals surface area contributed by atoms with Gasteiger partial charge in [0, 0.05) is 0 Å².